The number of para-hydroxylation sites is 1. The average Bonchev–Trinajstić information content (AvgIpc) is 3.57. The number of furan rings is 1. The van der Waals surface area contributed by atoms with Crippen LogP contribution in [0.25, 0.3) is 49.6 Å². The highest BCUT2D eigenvalue weighted by atomic mass is 16.3. The van der Waals surface area contributed by atoms with Gasteiger partial charge in [0.2, 0.25) is 0 Å². The predicted octanol–water partition coefficient (Wildman–Crippen LogP) is 11.2. The zero-order valence-electron chi connectivity index (χ0n) is 27.8. The molecular weight excluding hydrogens is 611 g/mol. The lowest BCUT2D eigenvalue weighted by molar-refractivity contribution is 0.546. The lowest BCUT2D eigenvalue weighted by Crippen LogP contribution is -2.34. The van der Waals surface area contributed by atoms with Crippen LogP contribution >= 0.6 is 0 Å². The van der Waals surface area contributed by atoms with Gasteiger partial charge in [0.05, 0.1) is 5.69 Å². The van der Waals surface area contributed by atoms with Gasteiger partial charge in [0, 0.05) is 23.6 Å². The van der Waals surface area contributed by atoms with Crippen molar-refractivity contribution in [3.63, 3.8) is 0 Å². The van der Waals surface area contributed by atoms with Crippen molar-refractivity contribution in [3.8, 4) is 22.3 Å². The molecule has 4 nitrogen and oxygen atoms in total. The van der Waals surface area contributed by atoms with E-state index in [4.69, 9.17) is 15.3 Å². The van der Waals surface area contributed by atoms with E-state index in [0.717, 1.165) is 59.4 Å². The Labute approximate surface area is 292 Å². The Morgan fingerprint density at radius 1 is 0.680 bits per heavy atom. The molecule has 7 aromatic rings. The van der Waals surface area contributed by atoms with Crippen LogP contribution in [0.4, 0.5) is 5.69 Å². The molecule has 1 heterocycles. The molecule has 6 aromatic carbocycles. The third-order valence-corrected chi connectivity index (χ3v) is 10.1. The monoisotopic (exact) mass is 647 g/mol. The minimum atomic E-state index is -0.401. The van der Waals surface area contributed by atoms with Crippen LogP contribution in [0.1, 0.15) is 47.0 Å². The number of nitrogens with zero attached hydrogens (tertiary/aromatic N) is 2. The normalized spacial score (nSPS) is 14.5. The van der Waals surface area contributed by atoms with E-state index in [1.54, 1.807) is 5.01 Å². The molecule has 0 spiro atoms. The van der Waals surface area contributed by atoms with Crippen molar-refractivity contribution < 1.29 is 4.42 Å². The average molecular weight is 648 g/mol. The van der Waals surface area contributed by atoms with E-state index in [1.165, 1.54) is 49.5 Å². The summed E-state index contributed by atoms with van der Waals surface area (Å²) in [6.45, 7) is 0. The maximum atomic E-state index is 6.90. The summed E-state index contributed by atoms with van der Waals surface area (Å²) in [5, 5.41) is 5.45. The Hall–Kier alpha value is -5.97. The zero-order chi connectivity index (χ0) is 33.4. The van der Waals surface area contributed by atoms with Gasteiger partial charge in [-0.05, 0) is 98.8 Å². The van der Waals surface area contributed by atoms with E-state index in [0.29, 0.717) is 0 Å². The first-order valence-electron chi connectivity index (χ1n) is 17.5. The van der Waals surface area contributed by atoms with Crippen molar-refractivity contribution in [1.29, 1.82) is 0 Å². The summed E-state index contributed by atoms with van der Waals surface area (Å²) in [7, 11) is 0. The van der Waals surface area contributed by atoms with Crippen molar-refractivity contribution in [2.75, 3.05) is 5.01 Å². The first-order chi connectivity index (χ1) is 24.7. The van der Waals surface area contributed by atoms with Crippen LogP contribution in [0.3, 0.4) is 0 Å². The summed E-state index contributed by atoms with van der Waals surface area (Å²) in [5.74, 6) is 8.00. The van der Waals surface area contributed by atoms with Crippen LogP contribution in [0, 0.1) is 0 Å². The van der Waals surface area contributed by atoms with Gasteiger partial charge in [0.1, 0.15) is 11.3 Å². The summed E-state index contributed by atoms with van der Waals surface area (Å²) < 4.78 is 6.31. The van der Waals surface area contributed by atoms with E-state index >= 15 is 0 Å². The van der Waals surface area contributed by atoms with Gasteiger partial charge in [-0.3, -0.25) is 10.0 Å². The predicted molar refractivity (Wildman–Crippen MR) is 208 cm³/mol. The van der Waals surface area contributed by atoms with Crippen molar-refractivity contribution in [1.82, 2.24) is 0 Å². The third-order valence-electron chi connectivity index (χ3n) is 10.1. The number of hydrogen-bond acceptors (Lipinski definition) is 4. The Morgan fingerprint density at radius 2 is 1.46 bits per heavy atom. The van der Waals surface area contributed by atoms with E-state index in [1.807, 2.05) is 30.5 Å². The molecule has 1 aromatic heterocycles. The van der Waals surface area contributed by atoms with E-state index < -0.39 is 6.17 Å². The second kappa shape index (κ2) is 12.8. The quantitative estimate of drug-likeness (QED) is 0.106. The smallest absolute Gasteiger partial charge is 0.160 e. The molecule has 4 heteroatoms. The number of allylic oxidation sites excluding steroid dienone is 4. The van der Waals surface area contributed by atoms with Crippen LogP contribution in [0.15, 0.2) is 161 Å². The number of aliphatic imine (C=N–C) groups is 1. The second-order valence-electron chi connectivity index (χ2n) is 13.2. The Kier molecular flexibility index (Phi) is 7.72. The SMILES string of the molecule is NN(c1ccc(-c2ccc3c4c(ccc3c2)CCc2oc3ccccc3c2-4)cc1)C(N=Cc1ccccc1)c1ccc(C2=CCCC=C2)cc1. The number of hydrogen-bond donors (Lipinski definition) is 1. The van der Waals surface area contributed by atoms with Crippen molar-refractivity contribution in [2.24, 2.45) is 10.8 Å². The molecule has 2 aliphatic rings. The number of nitrogens with two attached hydrogens (primary N) is 1. The summed E-state index contributed by atoms with van der Waals surface area (Å²) in [6.07, 6.45) is 12.4. The van der Waals surface area contributed by atoms with Gasteiger partial charge in [-0.1, -0.05) is 127 Å². The highest BCUT2D eigenvalue weighted by molar-refractivity contribution is 6.08. The van der Waals surface area contributed by atoms with Gasteiger partial charge < -0.3 is 4.42 Å². The topological polar surface area (TPSA) is 54.8 Å². The fraction of sp³-hybridized carbons (Fsp3) is 0.109. The fourth-order valence-electron chi connectivity index (χ4n) is 7.51. The number of aryl methyl sites for hydroxylation is 2. The minimum Gasteiger partial charge on any atom is -0.460 e. The number of benzene rings is 6. The number of anilines is 1. The maximum Gasteiger partial charge on any atom is 0.160 e. The van der Waals surface area contributed by atoms with Crippen molar-refractivity contribution in [2.45, 2.75) is 31.8 Å². The number of fused-ring (bicyclic) bond motifs is 7. The molecule has 50 heavy (non-hydrogen) atoms. The van der Waals surface area contributed by atoms with Crippen LogP contribution in [-0.4, -0.2) is 6.21 Å². The van der Waals surface area contributed by atoms with Gasteiger partial charge in [-0.25, -0.2) is 5.84 Å². The molecule has 2 aliphatic carbocycles. The minimum absolute atomic E-state index is 0.401. The lowest BCUT2D eigenvalue weighted by Gasteiger charge is -2.27. The van der Waals surface area contributed by atoms with Crippen LogP contribution in [0.5, 0.6) is 0 Å². The standard InChI is InChI=1S/C46H37N3O/c47-49(46(48-30-31-9-3-1-4-10-31)36-18-15-33(16-19-36)32-11-5-2-6-12-32)39-25-21-34(22-26-39)37-23-27-40-38(29-37)20-17-35-24-28-43-45(44(35)40)41-13-7-8-14-42(41)50-43/h1,3-5,7-23,25-27,29-30,46H,2,6,24,28,47H2. The molecule has 242 valence electrons. The third kappa shape index (κ3) is 5.54. The van der Waals surface area contributed by atoms with Gasteiger partial charge in [0.25, 0.3) is 0 Å². The van der Waals surface area contributed by atoms with E-state index in [-0.39, 0.29) is 0 Å². The largest absolute Gasteiger partial charge is 0.460 e. The van der Waals surface area contributed by atoms with Gasteiger partial charge in [0.15, 0.2) is 6.17 Å². The fourth-order valence-corrected chi connectivity index (χ4v) is 7.51. The highest BCUT2D eigenvalue weighted by Gasteiger charge is 2.25. The van der Waals surface area contributed by atoms with Gasteiger partial charge in [-0.2, -0.15) is 0 Å². The maximum absolute atomic E-state index is 6.90. The first-order valence-corrected chi connectivity index (χ1v) is 17.5. The molecule has 0 saturated carbocycles. The summed E-state index contributed by atoms with van der Waals surface area (Å²) in [4.78, 5) is 5.00. The summed E-state index contributed by atoms with van der Waals surface area (Å²) in [5.41, 5.74) is 12.7. The van der Waals surface area contributed by atoms with E-state index in [9.17, 15) is 0 Å². The molecule has 9 rings (SSSR count). The molecule has 0 aliphatic heterocycles. The van der Waals surface area contributed by atoms with Crippen LogP contribution < -0.4 is 10.9 Å². The Morgan fingerprint density at radius 3 is 2.28 bits per heavy atom. The number of hydrazine groups is 1. The van der Waals surface area contributed by atoms with E-state index in [2.05, 4.69) is 127 Å². The summed E-state index contributed by atoms with van der Waals surface area (Å²) in [6, 6.07) is 47.1. The second-order valence-corrected chi connectivity index (χ2v) is 13.2. The van der Waals surface area contributed by atoms with Gasteiger partial charge in [-0.15, -0.1) is 0 Å². The molecule has 1 unspecified atom stereocenters. The highest BCUT2D eigenvalue weighted by Crippen LogP contribution is 2.45. The summed E-state index contributed by atoms with van der Waals surface area (Å²) >= 11 is 0. The lowest BCUT2D eigenvalue weighted by atomic mass is 9.84. The molecule has 2 N–H and O–H groups in total. The molecule has 0 fully saturated rings. The molecule has 0 radical (unpaired) electrons. The molecule has 0 amide bonds. The zero-order valence-corrected chi connectivity index (χ0v) is 27.8. The molecule has 1 atom stereocenters. The number of rotatable bonds is 7. The molecule has 0 bridgehead atoms. The molecule has 0 saturated heterocycles. The molecular formula is C46H37N3O. The Balaban J connectivity index is 1.02. The van der Waals surface area contributed by atoms with Crippen LogP contribution in [0.2, 0.25) is 0 Å². The first kappa shape index (κ1) is 30.1. The van der Waals surface area contributed by atoms with Crippen molar-refractivity contribution >= 4 is 39.2 Å². The Bertz CT molecular complexity index is 2430. The van der Waals surface area contributed by atoms with Crippen molar-refractivity contribution in [3.05, 3.63) is 180 Å². The van der Waals surface area contributed by atoms with Gasteiger partial charge >= 0.3 is 0 Å². The van der Waals surface area contributed by atoms with Crippen LogP contribution in [-0.2, 0) is 12.8 Å².